The molecule has 1 rings (SSSR count). The van der Waals surface area contributed by atoms with E-state index in [1.54, 1.807) is 0 Å². The Bertz CT molecular complexity index is 368. The van der Waals surface area contributed by atoms with Crippen molar-refractivity contribution >= 4 is 24.0 Å². The zero-order valence-corrected chi connectivity index (χ0v) is 10.2. The first-order chi connectivity index (χ1) is 7.29. The van der Waals surface area contributed by atoms with Gasteiger partial charge in [-0.1, -0.05) is 17.7 Å². The molecule has 0 saturated carbocycles. The van der Waals surface area contributed by atoms with E-state index >= 15 is 0 Å². The number of nitrogens with two attached hydrogens (primary N) is 1. The normalized spacial score (nSPS) is 13.1. The molecule has 1 aromatic carbocycles. The van der Waals surface area contributed by atoms with Gasteiger partial charge in [0, 0.05) is 23.0 Å². The van der Waals surface area contributed by atoms with Crippen molar-refractivity contribution in [2.45, 2.75) is 25.1 Å². The molecule has 1 aromatic rings. The molecule has 17 heavy (non-hydrogen) atoms. The van der Waals surface area contributed by atoms with Gasteiger partial charge in [0.25, 0.3) is 0 Å². The fourth-order valence-electron chi connectivity index (χ4n) is 1.28. The first kappa shape index (κ1) is 16.5. The van der Waals surface area contributed by atoms with Crippen molar-refractivity contribution in [3.8, 4) is 0 Å². The summed E-state index contributed by atoms with van der Waals surface area (Å²) in [5, 5.41) is 0.185. The molecule has 7 heteroatoms. The molecule has 0 aliphatic carbocycles. The summed E-state index contributed by atoms with van der Waals surface area (Å²) in [5.74, 6) is -0.679. The monoisotopic (exact) mass is 291 g/mol. The first-order valence-corrected chi connectivity index (χ1v) is 4.94. The van der Waals surface area contributed by atoms with Gasteiger partial charge in [-0.2, -0.15) is 13.2 Å². The summed E-state index contributed by atoms with van der Waals surface area (Å²) >= 11 is 5.51. The maximum absolute atomic E-state index is 13.3. The van der Waals surface area contributed by atoms with Gasteiger partial charge in [-0.05, 0) is 18.6 Å². The number of hydrogen-bond donors (Lipinski definition) is 1. The van der Waals surface area contributed by atoms with Crippen LogP contribution in [-0.4, -0.2) is 6.18 Å². The Labute approximate surface area is 107 Å². The van der Waals surface area contributed by atoms with Gasteiger partial charge in [-0.15, -0.1) is 12.4 Å². The maximum atomic E-state index is 13.3. The zero-order valence-electron chi connectivity index (χ0n) is 8.60. The highest BCUT2D eigenvalue weighted by Crippen LogP contribution is 2.28. The summed E-state index contributed by atoms with van der Waals surface area (Å²) in [5.41, 5.74) is 5.52. The minimum atomic E-state index is -4.28. The van der Waals surface area contributed by atoms with Crippen LogP contribution in [0.5, 0.6) is 0 Å². The van der Waals surface area contributed by atoms with E-state index in [9.17, 15) is 17.6 Å². The van der Waals surface area contributed by atoms with Crippen LogP contribution in [0.15, 0.2) is 18.2 Å². The molecule has 0 radical (unpaired) electrons. The SMILES string of the molecule is Cl.N[C@@H](CCC(F)(F)F)c1ccc(Cl)cc1F. The molecule has 0 aromatic heterocycles. The van der Waals surface area contributed by atoms with Gasteiger partial charge in [-0.3, -0.25) is 0 Å². The van der Waals surface area contributed by atoms with E-state index in [2.05, 4.69) is 0 Å². The highest BCUT2D eigenvalue weighted by atomic mass is 35.5. The molecular formula is C10H11Cl2F4N. The molecule has 0 aliphatic rings. The first-order valence-electron chi connectivity index (χ1n) is 4.57. The fraction of sp³-hybridized carbons (Fsp3) is 0.400. The molecule has 1 atom stereocenters. The number of alkyl halides is 3. The highest BCUT2D eigenvalue weighted by molar-refractivity contribution is 6.30. The van der Waals surface area contributed by atoms with Gasteiger partial charge < -0.3 is 5.73 Å². The predicted octanol–water partition coefficient (Wildman–Crippen LogP) is 4.24. The van der Waals surface area contributed by atoms with Crippen molar-refractivity contribution in [1.82, 2.24) is 0 Å². The van der Waals surface area contributed by atoms with Crippen molar-refractivity contribution in [2.75, 3.05) is 0 Å². The minimum Gasteiger partial charge on any atom is -0.324 e. The summed E-state index contributed by atoms with van der Waals surface area (Å²) in [6.45, 7) is 0. The van der Waals surface area contributed by atoms with Crippen LogP contribution in [0.25, 0.3) is 0 Å². The zero-order chi connectivity index (χ0) is 12.3. The standard InChI is InChI=1S/C10H10ClF4N.ClH/c11-6-1-2-7(8(12)5-6)9(16)3-4-10(13,14)15;/h1-2,5,9H,3-4,16H2;1H/t9-;/m0./s1. The molecule has 0 amide bonds. The third-order valence-corrected chi connectivity index (χ3v) is 2.34. The molecule has 0 aliphatic heterocycles. The molecule has 0 unspecified atom stereocenters. The summed E-state index contributed by atoms with van der Waals surface area (Å²) in [6.07, 6.45) is -5.65. The van der Waals surface area contributed by atoms with Gasteiger partial charge in [0.2, 0.25) is 0 Å². The Hall–Kier alpha value is -0.520. The Morgan fingerprint density at radius 2 is 1.88 bits per heavy atom. The molecule has 1 nitrogen and oxygen atoms in total. The summed E-state index contributed by atoms with van der Waals surface area (Å²) in [7, 11) is 0. The lowest BCUT2D eigenvalue weighted by Crippen LogP contribution is -2.16. The van der Waals surface area contributed by atoms with Gasteiger partial charge in [0.1, 0.15) is 5.82 Å². The van der Waals surface area contributed by atoms with E-state index in [1.807, 2.05) is 0 Å². The van der Waals surface area contributed by atoms with Crippen LogP contribution in [0, 0.1) is 5.82 Å². The van der Waals surface area contributed by atoms with Gasteiger partial charge in [0.05, 0.1) is 0 Å². The largest absolute Gasteiger partial charge is 0.389 e. The second-order valence-corrected chi connectivity index (χ2v) is 3.86. The third-order valence-electron chi connectivity index (χ3n) is 2.10. The van der Waals surface area contributed by atoms with Crippen LogP contribution in [0.3, 0.4) is 0 Å². The van der Waals surface area contributed by atoms with Crippen molar-refractivity contribution in [3.05, 3.63) is 34.6 Å². The van der Waals surface area contributed by atoms with Crippen LogP contribution in [0.2, 0.25) is 5.02 Å². The van der Waals surface area contributed by atoms with E-state index in [0.717, 1.165) is 6.07 Å². The van der Waals surface area contributed by atoms with E-state index in [0.29, 0.717) is 0 Å². The highest BCUT2D eigenvalue weighted by Gasteiger charge is 2.28. The van der Waals surface area contributed by atoms with Crippen LogP contribution >= 0.6 is 24.0 Å². The van der Waals surface area contributed by atoms with Crippen molar-refractivity contribution in [3.63, 3.8) is 0 Å². The summed E-state index contributed by atoms with van der Waals surface area (Å²) < 4.78 is 49.1. The maximum Gasteiger partial charge on any atom is 0.389 e. The minimum absolute atomic E-state index is 0. The van der Waals surface area contributed by atoms with E-state index in [1.165, 1.54) is 12.1 Å². The molecule has 2 N–H and O–H groups in total. The van der Waals surface area contributed by atoms with Crippen molar-refractivity contribution in [2.24, 2.45) is 5.73 Å². The lowest BCUT2D eigenvalue weighted by atomic mass is 10.0. The number of hydrogen-bond acceptors (Lipinski definition) is 1. The molecule has 98 valence electrons. The second kappa shape index (κ2) is 6.42. The van der Waals surface area contributed by atoms with Gasteiger partial charge >= 0.3 is 6.18 Å². The Morgan fingerprint density at radius 1 is 1.29 bits per heavy atom. The Morgan fingerprint density at radius 3 is 2.35 bits per heavy atom. The van der Waals surface area contributed by atoms with Crippen molar-refractivity contribution in [1.29, 1.82) is 0 Å². The Balaban J connectivity index is 0.00000256. The third kappa shape index (κ3) is 5.57. The molecule has 0 fully saturated rings. The molecule has 0 heterocycles. The van der Waals surface area contributed by atoms with Gasteiger partial charge in [-0.25, -0.2) is 4.39 Å². The average molecular weight is 292 g/mol. The Kier molecular flexibility index (Phi) is 6.23. The van der Waals surface area contributed by atoms with Crippen LogP contribution in [0.4, 0.5) is 17.6 Å². The molecule has 0 spiro atoms. The molecular weight excluding hydrogens is 281 g/mol. The number of benzene rings is 1. The number of rotatable bonds is 3. The quantitative estimate of drug-likeness (QED) is 0.828. The van der Waals surface area contributed by atoms with E-state index in [4.69, 9.17) is 17.3 Å². The lowest BCUT2D eigenvalue weighted by molar-refractivity contribution is -0.136. The van der Waals surface area contributed by atoms with Crippen molar-refractivity contribution < 1.29 is 17.6 Å². The number of halogens is 6. The van der Waals surface area contributed by atoms with E-state index in [-0.39, 0.29) is 29.4 Å². The van der Waals surface area contributed by atoms with Crippen LogP contribution in [-0.2, 0) is 0 Å². The smallest absolute Gasteiger partial charge is 0.324 e. The van der Waals surface area contributed by atoms with Crippen LogP contribution in [0.1, 0.15) is 24.4 Å². The summed E-state index contributed by atoms with van der Waals surface area (Å²) in [6, 6.07) is 2.76. The summed E-state index contributed by atoms with van der Waals surface area (Å²) in [4.78, 5) is 0. The van der Waals surface area contributed by atoms with Gasteiger partial charge in [0.15, 0.2) is 0 Å². The fourth-order valence-corrected chi connectivity index (χ4v) is 1.44. The molecule has 0 bridgehead atoms. The lowest BCUT2D eigenvalue weighted by Gasteiger charge is -2.14. The van der Waals surface area contributed by atoms with E-state index < -0.39 is 24.5 Å². The molecule has 0 saturated heterocycles. The topological polar surface area (TPSA) is 26.0 Å². The van der Waals surface area contributed by atoms with Crippen LogP contribution < -0.4 is 5.73 Å². The predicted molar refractivity (Wildman–Crippen MR) is 60.9 cm³/mol. The average Bonchev–Trinajstić information content (AvgIpc) is 2.13. The second-order valence-electron chi connectivity index (χ2n) is 3.43.